The third-order valence-electron chi connectivity index (χ3n) is 5.05. The number of carbonyl (C=O) groups is 1. The average Bonchev–Trinajstić information content (AvgIpc) is 3.27. The van der Waals surface area contributed by atoms with E-state index in [0.29, 0.717) is 22.6 Å². The molecule has 0 atom stereocenters. The number of methoxy groups -OCH3 is 2. The highest BCUT2D eigenvalue weighted by Gasteiger charge is 2.17. The molecule has 0 fully saturated rings. The zero-order valence-electron chi connectivity index (χ0n) is 17.7. The number of benzene rings is 2. The number of carbonyl (C=O) groups excluding carboxylic acids is 1. The predicted molar refractivity (Wildman–Crippen MR) is 118 cm³/mol. The van der Waals surface area contributed by atoms with Crippen LogP contribution in [0.5, 0.6) is 11.5 Å². The second-order valence-corrected chi connectivity index (χ2v) is 7.02. The van der Waals surface area contributed by atoms with E-state index in [2.05, 4.69) is 15.5 Å². The van der Waals surface area contributed by atoms with E-state index >= 15 is 0 Å². The molecule has 0 aliphatic carbocycles. The minimum atomic E-state index is -0.308. The van der Waals surface area contributed by atoms with Gasteiger partial charge in [0.2, 0.25) is 5.91 Å². The van der Waals surface area contributed by atoms with Crippen molar-refractivity contribution in [2.45, 2.75) is 19.5 Å². The summed E-state index contributed by atoms with van der Waals surface area (Å²) in [4.78, 5) is 29.6. The van der Waals surface area contributed by atoms with Crippen LogP contribution in [0.3, 0.4) is 0 Å². The maximum atomic E-state index is 13.0. The molecule has 0 aliphatic heterocycles. The summed E-state index contributed by atoms with van der Waals surface area (Å²) < 4.78 is 17.2. The summed E-state index contributed by atoms with van der Waals surface area (Å²) >= 11 is 0. The van der Waals surface area contributed by atoms with Crippen molar-refractivity contribution in [2.24, 2.45) is 0 Å². The van der Waals surface area contributed by atoms with Crippen LogP contribution in [-0.2, 0) is 17.9 Å². The number of hydrogen-bond acceptors (Lipinski definition) is 7. The lowest BCUT2D eigenvalue weighted by Crippen LogP contribution is -2.27. The van der Waals surface area contributed by atoms with Crippen LogP contribution in [0.2, 0.25) is 0 Å². The van der Waals surface area contributed by atoms with E-state index in [1.165, 1.54) is 10.9 Å². The number of aryl methyl sites for hydroxylation is 1. The van der Waals surface area contributed by atoms with E-state index in [-0.39, 0.29) is 36.7 Å². The van der Waals surface area contributed by atoms with Gasteiger partial charge in [0.25, 0.3) is 11.3 Å². The molecule has 0 bridgehead atoms. The van der Waals surface area contributed by atoms with Crippen molar-refractivity contribution in [3.63, 3.8) is 0 Å². The smallest absolute Gasteiger partial charge is 0.266 e. The molecule has 2 aromatic heterocycles. The Kier molecular flexibility index (Phi) is 6.16. The number of amides is 1. The standard InChI is InChI=1S/C23H22N4O5/c1-30-17-8-9-18(31-2)16(12-17)13-24-19(28)10-11-27-14-25-22-20(23(27)29)21(26-32-22)15-6-4-3-5-7-15/h3-9,12,14H,10-11,13H2,1-2H3,(H,24,28). The van der Waals surface area contributed by atoms with Gasteiger partial charge in [0, 0.05) is 30.6 Å². The van der Waals surface area contributed by atoms with Gasteiger partial charge in [0.1, 0.15) is 28.9 Å². The van der Waals surface area contributed by atoms with E-state index in [0.717, 1.165) is 11.1 Å². The van der Waals surface area contributed by atoms with E-state index in [9.17, 15) is 9.59 Å². The molecule has 9 heteroatoms. The Bertz CT molecular complexity index is 1300. The lowest BCUT2D eigenvalue weighted by molar-refractivity contribution is -0.121. The van der Waals surface area contributed by atoms with Crippen molar-refractivity contribution in [3.05, 3.63) is 70.8 Å². The van der Waals surface area contributed by atoms with Crippen molar-refractivity contribution in [1.29, 1.82) is 0 Å². The zero-order chi connectivity index (χ0) is 22.5. The molecule has 32 heavy (non-hydrogen) atoms. The quantitative estimate of drug-likeness (QED) is 0.454. The highest BCUT2D eigenvalue weighted by Crippen LogP contribution is 2.24. The molecule has 2 aromatic carbocycles. The average molecular weight is 434 g/mol. The summed E-state index contributed by atoms with van der Waals surface area (Å²) in [5, 5.41) is 7.14. The van der Waals surface area contributed by atoms with Gasteiger partial charge in [-0.15, -0.1) is 0 Å². The normalized spacial score (nSPS) is 10.8. The maximum absolute atomic E-state index is 13.0. The minimum absolute atomic E-state index is 0.103. The zero-order valence-corrected chi connectivity index (χ0v) is 17.7. The summed E-state index contributed by atoms with van der Waals surface area (Å²) in [6.45, 7) is 0.442. The summed E-state index contributed by atoms with van der Waals surface area (Å²) in [7, 11) is 3.14. The number of nitrogens with one attached hydrogen (secondary N) is 1. The molecule has 0 unspecified atom stereocenters. The number of ether oxygens (including phenoxy) is 2. The summed E-state index contributed by atoms with van der Waals surface area (Å²) in [6, 6.07) is 14.6. The van der Waals surface area contributed by atoms with Gasteiger partial charge in [-0.1, -0.05) is 35.5 Å². The van der Waals surface area contributed by atoms with Crippen LogP contribution in [0.1, 0.15) is 12.0 Å². The fourth-order valence-electron chi connectivity index (χ4n) is 3.36. The van der Waals surface area contributed by atoms with Crippen molar-refractivity contribution >= 4 is 17.0 Å². The monoisotopic (exact) mass is 434 g/mol. The van der Waals surface area contributed by atoms with Crippen LogP contribution in [0.4, 0.5) is 0 Å². The SMILES string of the molecule is COc1ccc(OC)c(CNC(=O)CCn2cnc3onc(-c4ccccc4)c3c2=O)c1. The molecule has 164 valence electrons. The Balaban J connectivity index is 1.46. The highest BCUT2D eigenvalue weighted by atomic mass is 16.5. The van der Waals surface area contributed by atoms with Crippen molar-refractivity contribution in [3.8, 4) is 22.8 Å². The molecular formula is C23H22N4O5. The van der Waals surface area contributed by atoms with E-state index in [4.69, 9.17) is 14.0 Å². The Morgan fingerprint density at radius 3 is 2.69 bits per heavy atom. The van der Waals surface area contributed by atoms with Crippen molar-refractivity contribution < 1.29 is 18.8 Å². The van der Waals surface area contributed by atoms with Crippen molar-refractivity contribution in [1.82, 2.24) is 20.0 Å². The lowest BCUT2D eigenvalue weighted by atomic mass is 10.1. The molecule has 9 nitrogen and oxygen atoms in total. The minimum Gasteiger partial charge on any atom is -0.497 e. The lowest BCUT2D eigenvalue weighted by Gasteiger charge is -2.12. The second-order valence-electron chi connectivity index (χ2n) is 7.02. The van der Waals surface area contributed by atoms with Gasteiger partial charge >= 0.3 is 0 Å². The molecule has 1 N–H and O–H groups in total. The molecule has 1 amide bonds. The van der Waals surface area contributed by atoms with Crippen molar-refractivity contribution in [2.75, 3.05) is 14.2 Å². The van der Waals surface area contributed by atoms with Crippen LogP contribution in [0.15, 0.2) is 64.2 Å². The van der Waals surface area contributed by atoms with Gasteiger partial charge in [0.15, 0.2) is 0 Å². The topological polar surface area (TPSA) is 108 Å². The molecule has 0 saturated heterocycles. The van der Waals surface area contributed by atoms with Crippen LogP contribution in [0.25, 0.3) is 22.4 Å². The van der Waals surface area contributed by atoms with Gasteiger partial charge in [-0.3, -0.25) is 14.2 Å². The largest absolute Gasteiger partial charge is 0.497 e. The van der Waals surface area contributed by atoms with Crippen LogP contribution in [0, 0.1) is 0 Å². The molecule has 0 saturated carbocycles. The summed E-state index contributed by atoms with van der Waals surface area (Å²) in [6.07, 6.45) is 1.47. The highest BCUT2D eigenvalue weighted by molar-refractivity contribution is 5.88. The molecular weight excluding hydrogens is 412 g/mol. The number of rotatable bonds is 8. The number of hydrogen-bond donors (Lipinski definition) is 1. The number of aromatic nitrogens is 3. The fraction of sp³-hybridized carbons (Fsp3) is 0.217. The first-order chi connectivity index (χ1) is 15.6. The number of fused-ring (bicyclic) bond motifs is 1. The second kappa shape index (κ2) is 9.34. The van der Waals surface area contributed by atoms with E-state index in [1.54, 1.807) is 32.4 Å². The molecule has 4 rings (SSSR count). The maximum Gasteiger partial charge on any atom is 0.266 e. The molecule has 0 spiro atoms. The van der Waals surface area contributed by atoms with E-state index in [1.807, 2.05) is 30.3 Å². The van der Waals surface area contributed by atoms with Gasteiger partial charge in [-0.2, -0.15) is 0 Å². The Labute approximate surface area is 183 Å². The Morgan fingerprint density at radius 1 is 1.12 bits per heavy atom. The van der Waals surface area contributed by atoms with Crippen LogP contribution >= 0.6 is 0 Å². The molecule has 4 aromatic rings. The summed E-state index contributed by atoms with van der Waals surface area (Å²) in [5.41, 5.74) is 1.84. The van der Waals surface area contributed by atoms with Gasteiger partial charge < -0.3 is 19.3 Å². The molecule has 0 radical (unpaired) electrons. The van der Waals surface area contributed by atoms with Crippen LogP contribution in [-0.4, -0.2) is 34.8 Å². The first kappa shape index (κ1) is 21.1. The van der Waals surface area contributed by atoms with Gasteiger partial charge in [0.05, 0.1) is 14.2 Å². The predicted octanol–water partition coefficient (Wildman–Crippen LogP) is 2.78. The fourth-order valence-corrected chi connectivity index (χ4v) is 3.36. The summed E-state index contributed by atoms with van der Waals surface area (Å²) in [5.74, 6) is 1.11. The first-order valence-electron chi connectivity index (χ1n) is 9.98. The Morgan fingerprint density at radius 2 is 1.94 bits per heavy atom. The molecule has 2 heterocycles. The third kappa shape index (κ3) is 4.31. The first-order valence-corrected chi connectivity index (χ1v) is 9.98. The molecule has 0 aliphatic rings. The van der Waals surface area contributed by atoms with Crippen LogP contribution < -0.4 is 20.3 Å². The van der Waals surface area contributed by atoms with Gasteiger partial charge in [-0.05, 0) is 18.2 Å². The van der Waals surface area contributed by atoms with Gasteiger partial charge in [-0.25, -0.2) is 4.98 Å². The third-order valence-corrected chi connectivity index (χ3v) is 5.05. The Hall–Kier alpha value is -4.14. The number of nitrogens with zero attached hydrogens (tertiary/aromatic N) is 3. The van der Waals surface area contributed by atoms with E-state index < -0.39 is 0 Å².